The van der Waals surface area contributed by atoms with E-state index in [1.165, 1.54) is 6.54 Å². The van der Waals surface area contributed by atoms with Crippen molar-refractivity contribution in [3.8, 4) is 0 Å². The van der Waals surface area contributed by atoms with Gasteiger partial charge in [0, 0.05) is 73.9 Å². The Balaban J connectivity index is 0.000000211. The standard InChI is InChI=1S/C23H32N4O.C22H30N4O/c1-23(2,3)16-27-14-12-19(13-15-27)25-18-10-8-17(9-11-18)22(28)26-21-7-5-4-6-20(21)24;1-16(2)15-26-13-11-19(12-14-26)24-18-9-7-17(8-10-18)22(27)25-21-6-4-3-5-20(21)23/h4-11,19,25H,12-16,24H2,1-3H3,(H,26,28);3-10,16,19,24H,11-15,23H2,1-2H3,(H,25,27). The molecular weight excluding hydrogens is 685 g/mol. The molecule has 2 saturated heterocycles. The quantitative estimate of drug-likeness (QED) is 0.0840. The van der Waals surface area contributed by atoms with E-state index in [4.69, 9.17) is 11.5 Å². The van der Waals surface area contributed by atoms with Crippen molar-refractivity contribution < 1.29 is 9.59 Å². The third-order valence-electron chi connectivity index (χ3n) is 9.95. The first-order valence-electron chi connectivity index (χ1n) is 19.8. The summed E-state index contributed by atoms with van der Waals surface area (Å²) in [5, 5.41) is 12.9. The molecule has 8 N–H and O–H groups in total. The lowest BCUT2D eigenvalue weighted by molar-refractivity contribution is 0.101. The summed E-state index contributed by atoms with van der Waals surface area (Å²) < 4.78 is 0. The van der Waals surface area contributed by atoms with Gasteiger partial charge >= 0.3 is 0 Å². The van der Waals surface area contributed by atoms with Crippen LogP contribution in [-0.4, -0.2) is 73.0 Å². The molecule has 2 fully saturated rings. The van der Waals surface area contributed by atoms with Crippen LogP contribution in [0, 0.1) is 11.3 Å². The number of hydrogen-bond acceptors (Lipinski definition) is 8. The van der Waals surface area contributed by atoms with Gasteiger partial charge in [-0.15, -0.1) is 0 Å². The lowest BCUT2D eigenvalue weighted by Gasteiger charge is -2.36. The largest absolute Gasteiger partial charge is 0.397 e. The Bertz CT molecular complexity index is 1800. The molecule has 4 aromatic carbocycles. The number of nitrogens with one attached hydrogen (secondary N) is 4. The maximum atomic E-state index is 12.4. The third kappa shape index (κ3) is 13.3. The van der Waals surface area contributed by atoms with Gasteiger partial charge in [-0.1, -0.05) is 58.9 Å². The summed E-state index contributed by atoms with van der Waals surface area (Å²) in [6.45, 7) is 18.3. The Morgan fingerprint density at radius 2 is 1.00 bits per heavy atom. The number of piperidine rings is 2. The average molecular weight is 747 g/mol. The molecule has 10 heteroatoms. The molecule has 0 spiro atoms. The van der Waals surface area contributed by atoms with E-state index in [2.05, 4.69) is 65.7 Å². The molecule has 0 unspecified atom stereocenters. The number of nitrogens with two attached hydrogens (primary N) is 2. The van der Waals surface area contributed by atoms with Crippen molar-refractivity contribution in [2.45, 2.75) is 72.4 Å². The minimum Gasteiger partial charge on any atom is -0.397 e. The minimum absolute atomic E-state index is 0.151. The van der Waals surface area contributed by atoms with E-state index in [0.29, 0.717) is 51.4 Å². The normalized spacial score (nSPS) is 15.8. The van der Waals surface area contributed by atoms with Gasteiger partial charge in [-0.05, 0) is 110 Å². The molecule has 6 rings (SSSR count). The fourth-order valence-electron chi connectivity index (χ4n) is 7.20. The maximum absolute atomic E-state index is 12.4. The van der Waals surface area contributed by atoms with Crippen molar-refractivity contribution in [3.63, 3.8) is 0 Å². The summed E-state index contributed by atoms with van der Waals surface area (Å²) >= 11 is 0. The second-order valence-corrected chi connectivity index (χ2v) is 16.6. The fraction of sp³-hybridized carbons (Fsp3) is 0.422. The molecule has 10 nitrogen and oxygen atoms in total. The minimum atomic E-state index is -0.153. The van der Waals surface area contributed by atoms with Crippen LogP contribution in [0.4, 0.5) is 34.1 Å². The highest BCUT2D eigenvalue weighted by Gasteiger charge is 2.23. The highest BCUT2D eigenvalue weighted by atomic mass is 16.2. The Morgan fingerprint density at radius 1 is 0.618 bits per heavy atom. The van der Waals surface area contributed by atoms with Crippen LogP contribution in [0.2, 0.25) is 0 Å². The van der Waals surface area contributed by atoms with E-state index in [-0.39, 0.29) is 11.8 Å². The molecule has 2 aliphatic rings. The number of nitrogen functional groups attached to an aromatic ring is 2. The van der Waals surface area contributed by atoms with E-state index in [1.54, 1.807) is 24.3 Å². The Hall–Kier alpha value is -5.06. The molecule has 0 bridgehead atoms. The summed E-state index contributed by atoms with van der Waals surface area (Å²) in [4.78, 5) is 29.9. The molecule has 0 aliphatic carbocycles. The zero-order chi connectivity index (χ0) is 39.4. The first-order chi connectivity index (χ1) is 26.3. The van der Waals surface area contributed by atoms with E-state index in [9.17, 15) is 9.59 Å². The highest BCUT2D eigenvalue weighted by molar-refractivity contribution is 6.06. The summed E-state index contributed by atoms with van der Waals surface area (Å²) in [6.07, 6.45) is 4.60. The monoisotopic (exact) mass is 746 g/mol. The number of carbonyl (C=O) groups excluding carboxylic acids is 2. The predicted octanol–water partition coefficient (Wildman–Crippen LogP) is 8.50. The Kier molecular flexibility index (Phi) is 14.6. The smallest absolute Gasteiger partial charge is 0.255 e. The van der Waals surface area contributed by atoms with E-state index < -0.39 is 0 Å². The second kappa shape index (κ2) is 19.5. The van der Waals surface area contributed by atoms with Crippen molar-refractivity contribution in [1.82, 2.24) is 9.80 Å². The van der Waals surface area contributed by atoms with Crippen LogP contribution < -0.4 is 32.7 Å². The number of rotatable bonds is 11. The van der Waals surface area contributed by atoms with Crippen molar-refractivity contribution in [2.24, 2.45) is 11.3 Å². The van der Waals surface area contributed by atoms with Crippen molar-refractivity contribution in [3.05, 3.63) is 108 Å². The average Bonchev–Trinajstić information content (AvgIpc) is 3.15. The lowest BCUT2D eigenvalue weighted by atomic mass is 9.94. The van der Waals surface area contributed by atoms with Crippen LogP contribution in [0.5, 0.6) is 0 Å². The second-order valence-electron chi connectivity index (χ2n) is 16.6. The van der Waals surface area contributed by atoms with Crippen molar-refractivity contribution in [2.75, 3.05) is 72.0 Å². The van der Waals surface area contributed by atoms with Gasteiger partial charge in [-0.2, -0.15) is 0 Å². The summed E-state index contributed by atoms with van der Waals surface area (Å²) in [7, 11) is 0. The molecule has 4 aromatic rings. The van der Waals surface area contributed by atoms with Gasteiger partial charge in [0.2, 0.25) is 0 Å². The summed E-state index contributed by atoms with van der Waals surface area (Å²) in [5.41, 5.74) is 17.9. The molecule has 0 atom stereocenters. The molecule has 2 amide bonds. The number of carbonyl (C=O) groups is 2. The molecule has 0 aromatic heterocycles. The van der Waals surface area contributed by atoms with E-state index in [0.717, 1.165) is 75.7 Å². The number of benzene rings is 4. The van der Waals surface area contributed by atoms with Crippen LogP contribution in [0.25, 0.3) is 0 Å². The molecule has 0 saturated carbocycles. The summed E-state index contributed by atoms with van der Waals surface area (Å²) in [5.74, 6) is 0.417. The number of para-hydroxylation sites is 4. The molecule has 0 radical (unpaired) electrons. The SMILES string of the molecule is CC(C)(C)CN1CCC(Nc2ccc(C(=O)Nc3ccccc3N)cc2)CC1.CC(C)CN1CCC(Nc2ccc(C(=O)Nc3ccccc3N)cc2)CC1. The van der Waals surface area contributed by atoms with E-state index in [1.807, 2.05) is 72.8 Å². The number of amides is 2. The van der Waals surface area contributed by atoms with Gasteiger partial charge in [0.05, 0.1) is 22.7 Å². The molecule has 2 aliphatic heterocycles. The Morgan fingerprint density at radius 3 is 1.36 bits per heavy atom. The summed E-state index contributed by atoms with van der Waals surface area (Å²) in [6, 6.07) is 30.8. The number of likely N-dealkylation sites (tertiary alicyclic amines) is 2. The van der Waals surface area contributed by atoms with Crippen LogP contribution >= 0.6 is 0 Å². The number of hydrogen-bond donors (Lipinski definition) is 6. The highest BCUT2D eigenvalue weighted by Crippen LogP contribution is 2.24. The van der Waals surface area contributed by atoms with Gasteiger partial charge in [0.25, 0.3) is 11.8 Å². The molecule has 2 heterocycles. The molecule has 55 heavy (non-hydrogen) atoms. The lowest BCUT2D eigenvalue weighted by Crippen LogP contribution is -2.42. The Labute approximate surface area is 328 Å². The maximum Gasteiger partial charge on any atom is 0.255 e. The van der Waals surface area contributed by atoms with Crippen LogP contribution in [0.3, 0.4) is 0 Å². The van der Waals surface area contributed by atoms with Gasteiger partial charge < -0.3 is 42.5 Å². The molecular formula is C45H62N8O2. The van der Waals surface area contributed by atoms with Crippen LogP contribution in [0.1, 0.15) is 81.0 Å². The zero-order valence-electron chi connectivity index (χ0n) is 33.4. The van der Waals surface area contributed by atoms with Crippen LogP contribution in [-0.2, 0) is 0 Å². The van der Waals surface area contributed by atoms with E-state index >= 15 is 0 Å². The number of nitrogens with zero attached hydrogens (tertiary/aromatic N) is 2. The van der Waals surface area contributed by atoms with Gasteiger partial charge in [-0.3, -0.25) is 9.59 Å². The van der Waals surface area contributed by atoms with Crippen LogP contribution in [0.15, 0.2) is 97.1 Å². The first kappa shape index (κ1) is 41.1. The predicted molar refractivity (Wildman–Crippen MR) is 231 cm³/mol. The van der Waals surface area contributed by atoms with Gasteiger partial charge in [-0.25, -0.2) is 0 Å². The molecule has 294 valence electrons. The van der Waals surface area contributed by atoms with Crippen molar-refractivity contribution in [1.29, 1.82) is 0 Å². The van der Waals surface area contributed by atoms with Gasteiger partial charge in [0.15, 0.2) is 0 Å². The third-order valence-corrected chi connectivity index (χ3v) is 9.95. The number of anilines is 6. The first-order valence-corrected chi connectivity index (χ1v) is 19.8. The zero-order valence-corrected chi connectivity index (χ0v) is 33.4. The van der Waals surface area contributed by atoms with Crippen molar-refractivity contribution >= 4 is 45.9 Å². The van der Waals surface area contributed by atoms with Gasteiger partial charge in [0.1, 0.15) is 0 Å². The fourth-order valence-corrected chi connectivity index (χ4v) is 7.20. The topological polar surface area (TPSA) is 141 Å².